The minimum Gasteiger partial charge on any atom is -0.492 e. The summed E-state index contributed by atoms with van der Waals surface area (Å²) in [4.78, 5) is 3.96. The minimum atomic E-state index is -3.67. The van der Waals surface area contributed by atoms with Gasteiger partial charge < -0.3 is 14.6 Å². The summed E-state index contributed by atoms with van der Waals surface area (Å²) in [6.07, 6.45) is 6.49. The van der Waals surface area contributed by atoms with Crippen LogP contribution >= 0.6 is 0 Å². The summed E-state index contributed by atoms with van der Waals surface area (Å²) in [5, 5.41) is 3.77. The zero-order valence-electron chi connectivity index (χ0n) is 18.8. The highest BCUT2D eigenvalue weighted by Crippen LogP contribution is 2.37. The number of ether oxygens (including phenoxy) is 1. The minimum absolute atomic E-state index is 0.0255. The number of rotatable bonds is 9. The number of nitrogens with one attached hydrogen (secondary N) is 2. The number of benzene rings is 2. The molecule has 1 saturated carbocycles. The van der Waals surface area contributed by atoms with Gasteiger partial charge in [0.1, 0.15) is 12.4 Å². The molecule has 33 heavy (non-hydrogen) atoms. The fraction of sp³-hybridized carbons (Fsp3) is 0.400. The van der Waals surface area contributed by atoms with Crippen molar-refractivity contribution in [3.63, 3.8) is 0 Å². The van der Waals surface area contributed by atoms with Crippen LogP contribution in [0.5, 0.6) is 5.75 Å². The van der Waals surface area contributed by atoms with Gasteiger partial charge in [-0.05, 0) is 54.5 Å². The highest BCUT2D eigenvalue weighted by Gasteiger charge is 2.33. The van der Waals surface area contributed by atoms with Gasteiger partial charge in [-0.2, -0.15) is 0 Å². The maximum absolute atomic E-state index is 12.6. The first-order chi connectivity index (χ1) is 16.0. The van der Waals surface area contributed by atoms with Gasteiger partial charge in [-0.1, -0.05) is 42.5 Å². The fourth-order valence-corrected chi connectivity index (χ4v) is 5.38. The number of aromatic nitrogens is 2. The van der Waals surface area contributed by atoms with E-state index in [2.05, 4.69) is 45.4 Å². The van der Waals surface area contributed by atoms with E-state index in [1.807, 2.05) is 18.2 Å². The maximum atomic E-state index is 12.6. The Hall–Kier alpha value is -2.68. The standard InChI is InChI=1S/C25H30N4O3S/c1-29-15-25(27-17-29)33(30,31)28-14-20-9-10-24-22(12-20)21(11-18-5-3-2-4-6-18)23(16-32-24)26-13-19-7-8-19/h2-6,9-10,12,15,17,19,21,23,26,28H,7-8,11,13-14,16H2,1H3. The van der Waals surface area contributed by atoms with Crippen molar-refractivity contribution < 1.29 is 13.2 Å². The highest BCUT2D eigenvalue weighted by molar-refractivity contribution is 7.89. The summed E-state index contributed by atoms with van der Waals surface area (Å²) in [6.45, 7) is 1.87. The molecule has 2 atom stereocenters. The molecule has 0 saturated heterocycles. The second-order valence-electron chi connectivity index (χ2n) is 9.14. The summed E-state index contributed by atoms with van der Waals surface area (Å²) in [7, 11) is -1.92. The van der Waals surface area contributed by atoms with E-state index >= 15 is 0 Å². The van der Waals surface area contributed by atoms with E-state index in [0.29, 0.717) is 6.61 Å². The first-order valence-corrected chi connectivity index (χ1v) is 13.0. The average Bonchev–Trinajstić information content (AvgIpc) is 3.55. The summed E-state index contributed by atoms with van der Waals surface area (Å²) >= 11 is 0. The third-order valence-corrected chi connectivity index (χ3v) is 7.75. The molecule has 2 aliphatic rings. The molecule has 174 valence electrons. The van der Waals surface area contributed by atoms with Crippen LogP contribution in [-0.4, -0.2) is 37.2 Å². The number of fused-ring (bicyclic) bond motifs is 1. The SMILES string of the molecule is Cn1cnc(S(=O)(=O)NCc2ccc3c(c2)C(Cc2ccccc2)C(NCC2CC2)CO3)c1. The molecule has 0 amide bonds. The van der Waals surface area contributed by atoms with Crippen molar-refractivity contribution in [1.82, 2.24) is 19.6 Å². The summed E-state index contributed by atoms with van der Waals surface area (Å²) in [5.74, 6) is 1.93. The Balaban J connectivity index is 1.37. The molecule has 5 rings (SSSR count). The third kappa shape index (κ3) is 5.29. The molecule has 2 heterocycles. The van der Waals surface area contributed by atoms with Crippen LogP contribution in [0, 0.1) is 5.92 Å². The van der Waals surface area contributed by atoms with Gasteiger partial charge in [0.05, 0.1) is 6.33 Å². The Kier molecular flexibility index (Phi) is 6.23. The number of sulfonamides is 1. The quantitative estimate of drug-likeness (QED) is 0.506. The lowest BCUT2D eigenvalue weighted by molar-refractivity contribution is 0.211. The van der Waals surface area contributed by atoms with Crippen molar-refractivity contribution in [3.05, 3.63) is 77.7 Å². The van der Waals surface area contributed by atoms with Gasteiger partial charge in [0.15, 0.2) is 5.03 Å². The topological polar surface area (TPSA) is 85.2 Å². The van der Waals surface area contributed by atoms with E-state index in [-0.39, 0.29) is 23.5 Å². The monoisotopic (exact) mass is 466 g/mol. The largest absolute Gasteiger partial charge is 0.492 e. The number of nitrogens with zero attached hydrogens (tertiary/aromatic N) is 2. The number of hydrogen-bond donors (Lipinski definition) is 2. The summed E-state index contributed by atoms with van der Waals surface area (Å²) in [5.41, 5.74) is 3.32. The molecule has 2 aromatic carbocycles. The highest BCUT2D eigenvalue weighted by atomic mass is 32.2. The maximum Gasteiger partial charge on any atom is 0.259 e. The fourth-order valence-electron chi connectivity index (χ4n) is 4.38. The van der Waals surface area contributed by atoms with Crippen LogP contribution in [0.3, 0.4) is 0 Å². The molecule has 2 N–H and O–H groups in total. The van der Waals surface area contributed by atoms with Gasteiger partial charge in [0, 0.05) is 31.7 Å². The van der Waals surface area contributed by atoms with Crippen molar-refractivity contribution in [1.29, 1.82) is 0 Å². The van der Waals surface area contributed by atoms with Crippen molar-refractivity contribution in [3.8, 4) is 5.75 Å². The predicted molar refractivity (Wildman–Crippen MR) is 127 cm³/mol. The zero-order valence-corrected chi connectivity index (χ0v) is 19.6. The molecule has 0 bridgehead atoms. The first-order valence-electron chi connectivity index (χ1n) is 11.5. The third-order valence-electron chi connectivity index (χ3n) is 6.46. The molecule has 0 radical (unpaired) electrons. The Bertz CT molecular complexity index is 1210. The van der Waals surface area contributed by atoms with Crippen molar-refractivity contribution in [2.45, 2.75) is 42.8 Å². The van der Waals surface area contributed by atoms with Gasteiger partial charge in [0.25, 0.3) is 10.0 Å². The van der Waals surface area contributed by atoms with Crippen LogP contribution in [0.2, 0.25) is 0 Å². The lowest BCUT2D eigenvalue weighted by atomic mass is 9.83. The van der Waals surface area contributed by atoms with E-state index < -0.39 is 10.0 Å². The summed E-state index contributed by atoms with van der Waals surface area (Å²) < 4.78 is 35.6. The molecule has 8 heteroatoms. The Morgan fingerprint density at radius 1 is 1.12 bits per heavy atom. The smallest absolute Gasteiger partial charge is 0.259 e. The van der Waals surface area contributed by atoms with Crippen LogP contribution in [-0.2, 0) is 30.0 Å². The molecule has 1 fully saturated rings. The van der Waals surface area contributed by atoms with E-state index in [9.17, 15) is 8.42 Å². The van der Waals surface area contributed by atoms with Gasteiger partial charge in [0.2, 0.25) is 0 Å². The second kappa shape index (κ2) is 9.29. The number of hydrogen-bond acceptors (Lipinski definition) is 5. The van der Waals surface area contributed by atoms with Crippen LogP contribution in [0.4, 0.5) is 0 Å². The van der Waals surface area contributed by atoms with Crippen LogP contribution < -0.4 is 14.8 Å². The van der Waals surface area contributed by atoms with Crippen molar-refractivity contribution in [2.24, 2.45) is 13.0 Å². The molecule has 1 aliphatic heterocycles. The van der Waals surface area contributed by atoms with Crippen LogP contribution in [0.25, 0.3) is 0 Å². The average molecular weight is 467 g/mol. The van der Waals surface area contributed by atoms with Crippen LogP contribution in [0.15, 0.2) is 66.1 Å². The zero-order chi connectivity index (χ0) is 22.8. The van der Waals surface area contributed by atoms with Gasteiger partial charge in [-0.15, -0.1) is 0 Å². The first kappa shape index (κ1) is 22.1. The Morgan fingerprint density at radius 3 is 2.67 bits per heavy atom. The molecule has 7 nitrogen and oxygen atoms in total. The normalized spacial score (nSPS) is 20.3. The van der Waals surface area contributed by atoms with E-state index in [4.69, 9.17) is 4.74 Å². The van der Waals surface area contributed by atoms with Crippen molar-refractivity contribution in [2.75, 3.05) is 13.2 Å². The van der Waals surface area contributed by atoms with Gasteiger partial charge in [-0.3, -0.25) is 0 Å². The summed E-state index contributed by atoms with van der Waals surface area (Å²) in [6, 6.07) is 16.7. The predicted octanol–water partition coefficient (Wildman–Crippen LogP) is 2.99. The second-order valence-corrected chi connectivity index (χ2v) is 10.9. The lowest BCUT2D eigenvalue weighted by Crippen LogP contribution is -2.44. The molecular formula is C25H30N4O3S. The molecule has 1 aliphatic carbocycles. The van der Waals surface area contributed by atoms with E-state index in [1.165, 1.54) is 30.9 Å². The van der Waals surface area contributed by atoms with Crippen LogP contribution in [0.1, 0.15) is 35.4 Å². The van der Waals surface area contributed by atoms with E-state index in [0.717, 1.165) is 35.8 Å². The molecular weight excluding hydrogens is 436 g/mol. The van der Waals surface area contributed by atoms with Gasteiger partial charge in [-0.25, -0.2) is 18.1 Å². The number of aryl methyl sites for hydroxylation is 1. The number of imidazole rings is 1. The van der Waals surface area contributed by atoms with Gasteiger partial charge >= 0.3 is 0 Å². The molecule has 0 spiro atoms. The Labute approximate surface area is 195 Å². The lowest BCUT2D eigenvalue weighted by Gasteiger charge is -2.35. The van der Waals surface area contributed by atoms with Crippen molar-refractivity contribution >= 4 is 10.0 Å². The molecule has 2 unspecified atom stereocenters. The molecule has 1 aromatic heterocycles. The Morgan fingerprint density at radius 2 is 1.94 bits per heavy atom. The molecule has 3 aromatic rings. The van der Waals surface area contributed by atoms with E-state index in [1.54, 1.807) is 11.6 Å².